The molecule has 142 valence electrons. The molecule has 2 aromatic rings. The molecule has 0 aliphatic heterocycles. The van der Waals surface area contributed by atoms with E-state index >= 15 is 0 Å². The van der Waals surface area contributed by atoms with Gasteiger partial charge in [-0.05, 0) is 10.8 Å². The van der Waals surface area contributed by atoms with Crippen molar-refractivity contribution in [2.75, 3.05) is 13.2 Å². The monoisotopic (exact) mass is 400 g/mol. The van der Waals surface area contributed by atoms with E-state index in [1.165, 1.54) is 18.2 Å². The van der Waals surface area contributed by atoms with Crippen LogP contribution in [0.5, 0.6) is 0 Å². The smallest absolute Gasteiger partial charge is 0.293 e. The first-order chi connectivity index (χ1) is 11.9. The van der Waals surface area contributed by atoms with Crippen molar-refractivity contribution >= 4 is 23.9 Å². The van der Waals surface area contributed by atoms with Gasteiger partial charge in [0.15, 0.2) is 13.2 Å². The summed E-state index contributed by atoms with van der Waals surface area (Å²) in [5.74, 6) is 0. The molecule has 0 heterocycles. The van der Waals surface area contributed by atoms with E-state index in [9.17, 15) is 35.7 Å². The topological polar surface area (TPSA) is 52.6 Å². The third-order valence-corrected chi connectivity index (χ3v) is 4.74. The first kappa shape index (κ1) is 20.4. The molecule has 0 atom stereocenters. The molecule has 26 heavy (non-hydrogen) atoms. The maximum atomic E-state index is 12.5. The average Bonchev–Trinajstić information content (AvgIpc) is 2.56. The molecule has 0 radical (unpaired) electrons. The molecule has 0 aliphatic carbocycles. The van der Waals surface area contributed by atoms with E-state index in [0.29, 0.717) is 5.39 Å². The van der Waals surface area contributed by atoms with Gasteiger partial charge in [0.05, 0.1) is 0 Å². The summed E-state index contributed by atoms with van der Waals surface area (Å²) >= 11 is 0. The molecule has 2 aromatic carbocycles. The highest BCUT2D eigenvalue weighted by atomic mass is 31.2. The number of carbonyl (C=O) groups excluding carboxylic acids is 1. The first-order valence-electron chi connectivity index (χ1n) is 6.97. The maximum absolute atomic E-state index is 12.5. The Bertz CT molecular complexity index is 819. The molecule has 0 saturated heterocycles. The van der Waals surface area contributed by atoms with E-state index in [0.717, 1.165) is 6.07 Å². The summed E-state index contributed by atoms with van der Waals surface area (Å²) in [6.07, 6.45) is -10.0. The van der Waals surface area contributed by atoms with Crippen LogP contribution >= 0.6 is 7.60 Å². The lowest BCUT2D eigenvalue weighted by atomic mass is 10.1. The minimum absolute atomic E-state index is 0.187. The van der Waals surface area contributed by atoms with Crippen LogP contribution in [0, 0.1) is 0 Å². The highest BCUT2D eigenvalue weighted by Gasteiger charge is 2.44. The lowest BCUT2D eigenvalue weighted by molar-refractivity contribution is -0.164. The second kappa shape index (κ2) is 7.38. The molecule has 0 aromatic heterocycles. The van der Waals surface area contributed by atoms with Crippen molar-refractivity contribution in [2.24, 2.45) is 0 Å². The Labute approximate surface area is 143 Å². The van der Waals surface area contributed by atoms with E-state index in [1.807, 2.05) is 0 Å². The van der Waals surface area contributed by atoms with Crippen LogP contribution < -0.4 is 0 Å². The molecule has 0 spiro atoms. The summed E-state index contributed by atoms with van der Waals surface area (Å²) in [6, 6.07) is 10.1. The zero-order valence-corrected chi connectivity index (χ0v) is 13.7. The standard InChI is InChI=1S/C15H11F6O4P/c16-14(17,18)8-24-26(23,25-9-15(19,20)21)13(22)12-7-3-5-10-4-1-2-6-11(10)12/h1-7H,8-9H2. The Morgan fingerprint density at radius 3 is 1.88 bits per heavy atom. The predicted molar refractivity (Wildman–Crippen MR) is 79.9 cm³/mol. The molecule has 0 unspecified atom stereocenters. The average molecular weight is 400 g/mol. The minimum atomic E-state index is -5.41. The van der Waals surface area contributed by atoms with Gasteiger partial charge in [-0.1, -0.05) is 42.5 Å². The van der Waals surface area contributed by atoms with Crippen LogP contribution in [0.1, 0.15) is 10.4 Å². The normalized spacial score (nSPS) is 13.2. The van der Waals surface area contributed by atoms with Gasteiger partial charge in [0, 0.05) is 5.56 Å². The van der Waals surface area contributed by atoms with E-state index in [2.05, 4.69) is 9.05 Å². The SMILES string of the molecule is O=C(c1cccc2ccccc12)P(=O)(OCC(F)(F)F)OCC(F)(F)F. The van der Waals surface area contributed by atoms with Crippen molar-refractivity contribution in [2.45, 2.75) is 12.4 Å². The molecule has 0 N–H and O–H groups in total. The van der Waals surface area contributed by atoms with Crippen molar-refractivity contribution in [1.82, 2.24) is 0 Å². The van der Waals surface area contributed by atoms with Gasteiger partial charge in [0.1, 0.15) is 0 Å². The lowest BCUT2D eigenvalue weighted by Crippen LogP contribution is -2.22. The van der Waals surface area contributed by atoms with Gasteiger partial charge in [0.25, 0.3) is 5.52 Å². The number of hydrogen-bond donors (Lipinski definition) is 0. The van der Waals surface area contributed by atoms with Crippen LogP contribution in [0.15, 0.2) is 42.5 Å². The van der Waals surface area contributed by atoms with Crippen LogP contribution in [-0.4, -0.2) is 31.1 Å². The van der Waals surface area contributed by atoms with Gasteiger partial charge in [-0.3, -0.25) is 18.4 Å². The number of benzene rings is 2. The van der Waals surface area contributed by atoms with E-state index in [4.69, 9.17) is 0 Å². The van der Waals surface area contributed by atoms with Gasteiger partial charge in [-0.25, -0.2) is 0 Å². The number of halogens is 6. The van der Waals surface area contributed by atoms with E-state index < -0.39 is 38.7 Å². The van der Waals surface area contributed by atoms with Crippen LogP contribution in [0.4, 0.5) is 26.3 Å². The largest absolute Gasteiger partial charge is 0.412 e. The van der Waals surface area contributed by atoms with Crippen molar-refractivity contribution in [3.63, 3.8) is 0 Å². The molecule has 4 nitrogen and oxygen atoms in total. The summed E-state index contributed by atoms with van der Waals surface area (Å²) in [5, 5.41) is 0.656. The second-order valence-electron chi connectivity index (χ2n) is 5.11. The molecule has 11 heteroatoms. The number of fused-ring (bicyclic) bond motifs is 1. The number of alkyl halides is 6. The van der Waals surface area contributed by atoms with E-state index in [-0.39, 0.29) is 10.9 Å². The van der Waals surface area contributed by atoms with Crippen molar-refractivity contribution in [3.05, 3.63) is 48.0 Å². The third-order valence-electron chi connectivity index (χ3n) is 3.07. The molecule has 0 aliphatic rings. The Morgan fingerprint density at radius 2 is 1.35 bits per heavy atom. The zero-order chi connectivity index (χ0) is 19.6. The van der Waals surface area contributed by atoms with E-state index in [1.54, 1.807) is 18.2 Å². The summed E-state index contributed by atoms with van der Waals surface area (Å²) < 4.78 is 94.5. The van der Waals surface area contributed by atoms with Gasteiger partial charge in [-0.15, -0.1) is 0 Å². The minimum Gasteiger partial charge on any atom is -0.293 e. The molecular formula is C15H11F6O4P. The van der Waals surface area contributed by atoms with Crippen LogP contribution in [0.2, 0.25) is 0 Å². The fraction of sp³-hybridized carbons (Fsp3) is 0.267. The van der Waals surface area contributed by atoms with Gasteiger partial charge in [0.2, 0.25) is 0 Å². The maximum Gasteiger partial charge on any atom is 0.412 e. The van der Waals surface area contributed by atoms with Crippen LogP contribution in [-0.2, 0) is 13.6 Å². The summed E-state index contributed by atoms with van der Waals surface area (Å²) in [7, 11) is -5.41. The third kappa shape index (κ3) is 5.30. The quantitative estimate of drug-likeness (QED) is 0.486. The molecular weight excluding hydrogens is 389 g/mol. The Kier molecular flexibility index (Phi) is 5.79. The Morgan fingerprint density at radius 1 is 0.846 bits per heavy atom. The summed E-state index contributed by atoms with van der Waals surface area (Å²) in [4.78, 5) is 12.5. The lowest BCUT2D eigenvalue weighted by Gasteiger charge is -2.19. The molecule has 0 amide bonds. The van der Waals surface area contributed by atoms with Crippen molar-refractivity contribution in [1.29, 1.82) is 0 Å². The fourth-order valence-electron chi connectivity index (χ4n) is 2.03. The molecule has 0 saturated carbocycles. The fourth-order valence-corrected chi connectivity index (χ4v) is 3.46. The molecule has 0 fully saturated rings. The van der Waals surface area contributed by atoms with Crippen LogP contribution in [0.25, 0.3) is 10.8 Å². The number of carbonyl (C=O) groups is 1. The van der Waals surface area contributed by atoms with Crippen LogP contribution in [0.3, 0.4) is 0 Å². The molecule has 2 rings (SSSR count). The Hall–Kier alpha value is -1.90. The van der Waals surface area contributed by atoms with Crippen molar-refractivity contribution < 1.29 is 44.7 Å². The van der Waals surface area contributed by atoms with Crippen molar-refractivity contribution in [3.8, 4) is 0 Å². The summed E-state index contributed by atoms with van der Waals surface area (Å²) in [6.45, 7) is -4.39. The second-order valence-corrected chi connectivity index (χ2v) is 7.02. The predicted octanol–water partition coefficient (Wildman–Crippen LogP) is 5.33. The zero-order valence-electron chi connectivity index (χ0n) is 12.8. The highest BCUT2D eigenvalue weighted by molar-refractivity contribution is 7.72. The number of rotatable bonds is 6. The van der Waals surface area contributed by atoms with Gasteiger partial charge in [-0.2, -0.15) is 26.3 Å². The van der Waals surface area contributed by atoms with Gasteiger partial charge >= 0.3 is 19.9 Å². The van der Waals surface area contributed by atoms with Gasteiger partial charge < -0.3 is 0 Å². The Balaban J connectivity index is 2.42. The highest BCUT2D eigenvalue weighted by Crippen LogP contribution is 2.53. The summed E-state index contributed by atoms with van der Waals surface area (Å²) in [5.41, 5.74) is -1.95. The first-order valence-corrected chi connectivity index (χ1v) is 8.51. The number of hydrogen-bond acceptors (Lipinski definition) is 4. The molecule has 0 bridgehead atoms.